The summed E-state index contributed by atoms with van der Waals surface area (Å²) in [5.41, 5.74) is 2.20. The first-order valence-corrected chi connectivity index (χ1v) is 6.26. The third kappa shape index (κ3) is 2.29. The van der Waals surface area contributed by atoms with Gasteiger partial charge in [-0.25, -0.2) is 0 Å². The molecule has 0 heterocycles. The predicted octanol–water partition coefficient (Wildman–Crippen LogP) is 3.74. The van der Waals surface area contributed by atoms with Gasteiger partial charge in [-0.3, -0.25) is 4.79 Å². The first kappa shape index (κ1) is 11.6. The molecule has 2 rings (SSSR count). The lowest BCUT2D eigenvalue weighted by atomic mass is 10.1. The van der Waals surface area contributed by atoms with Gasteiger partial charge in [0.2, 0.25) is 5.91 Å². The molecule has 1 fully saturated rings. The third-order valence-corrected chi connectivity index (χ3v) is 4.15. The summed E-state index contributed by atoms with van der Waals surface area (Å²) in [7, 11) is 0. The maximum atomic E-state index is 11.9. The lowest BCUT2D eigenvalue weighted by Crippen LogP contribution is -2.16. The second-order valence-corrected chi connectivity index (χ2v) is 6.05. The van der Waals surface area contributed by atoms with E-state index in [-0.39, 0.29) is 17.2 Å². The SMILES string of the molecule is Cc1cc(NC(=O)C2CC2(C)C)ccc1Br. The van der Waals surface area contributed by atoms with Crippen molar-refractivity contribution >= 4 is 27.5 Å². The van der Waals surface area contributed by atoms with Crippen molar-refractivity contribution < 1.29 is 4.79 Å². The van der Waals surface area contributed by atoms with Gasteiger partial charge in [0.15, 0.2) is 0 Å². The second kappa shape index (κ2) is 3.88. The summed E-state index contributed by atoms with van der Waals surface area (Å²) in [6.45, 7) is 6.27. The maximum Gasteiger partial charge on any atom is 0.228 e. The number of hydrogen-bond acceptors (Lipinski definition) is 1. The zero-order valence-electron chi connectivity index (χ0n) is 9.80. The number of rotatable bonds is 2. The van der Waals surface area contributed by atoms with Crippen LogP contribution in [0.15, 0.2) is 22.7 Å². The van der Waals surface area contributed by atoms with Gasteiger partial charge in [-0.05, 0) is 42.5 Å². The van der Waals surface area contributed by atoms with Crippen molar-refractivity contribution in [2.24, 2.45) is 11.3 Å². The Morgan fingerprint density at radius 2 is 2.12 bits per heavy atom. The van der Waals surface area contributed by atoms with Crippen molar-refractivity contribution in [1.29, 1.82) is 0 Å². The largest absolute Gasteiger partial charge is 0.326 e. The molecule has 0 radical (unpaired) electrons. The van der Waals surface area contributed by atoms with Crippen LogP contribution < -0.4 is 5.32 Å². The molecular formula is C13H16BrNO. The maximum absolute atomic E-state index is 11.9. The highest BCUT2D eigenvalue weighted by atomic mass is 79.9. The molecule has 1 aliphatic rings. The molecule has 1 unspecified atom stereocenters. The fourth-order valence-electron chi connectivity index (χ4n) is 1.87. The molecule has 0 spiro atoms. The Balaban J connectivity index is 2.05. The number of hydrogen-bond donors (Lipinski definition) is 1. The Labute approximate surface area is 105 Å². The fraction of sp³-hybridized carbons (Fsp3) is 0.462. The molecule has 1 aromatic rings. The van der Waals surface area contributed by atoms with Crippen molar-refractivity contribution in [2.45, 2.75) is 27.2 Å². The topological polar surface area (TPSA) is 29.1 Å². The summed E-state index contributed by atoms with van der Waals surface area (Å²) in [5, 5.41) is 2.97. The zero-order valence-corrected chi connectivity index (χ0v) is 11.4. The van der Waals surface area contributed by atoms with Crippen LogP contribution in [0.1, 0.15) is 25.8 Å². The molecule has 86 valence electrons. The van der Waals surface area contributed by atoms with E-state index < -0.39 is 0 Å². The Morgan fingerprint density at radius 3 is 2.62 bits per heavy atom. The molecule has 16 heavy (non-hydrogen) atoms. The molecule has 1 atom stereocenters. The third-order valence-electron chi connectivity index (χ3n) is 3.26. The van der Waals surface area contributed by atoms with Gasteiger partial charge in [0, 0.05) is 16.1 Å². The minimum Gasteiger partial charge on any atom is -0.326 e. The quantitative estimate of drug-likeness (QED) is 0.879. The van der Waals surface area contributed by atoms with Crippen LogP contribution in [0.5, 0.6) is 0 Å². The van der Waals surface area contributed by atoms with Gasteiger partial charge in [0.25, 0.3) is 0 Å². The van der Waals surface area contributed by atoms with E-state index in [4.69, 9.17) is 0 Å². The van der Waals surface area contributed by atoms with E-state index in [1.54, 1.807) is 0 Å². The van der Waals surface area contributed by atoms with Crippen LogP contribution in [0.4, 0.5) is 5.69 Å². The van der Waals surface area contributed by atoms with Crippen molar-refractivity contribution in [3.05, 3.63) is 28.2 Å². The molecular weight excluding hydrogens is 266 g/mol. The van der Waals surface area contributed by atoms with Crippen LogP contribution in [0.2, 0.25) is 0 Å². The first-order valence-electron chi connectivity index (χ1n) is 5.47. The Bertz CT molecular complexity index is 440. The summed E-state index contributed by atoms with van der Waals surface area (Å²) in [5.74, 6) is 0.322. The van der Waals surface area contributed by atoms with Crippen molar-refractivity contribution in [3.63, 3.8) is 0 Å². The van der Waals surface area contributed by atoms with E-state index >= 15 is 0 Å². The monoisotopic (exact) mass is 281 g/mol. The van der Waals surface area contributed by atoms with Gasteiger partial charge in [0.05, 0.1) is 0 Å². The molecule has 3 heteroatoms. The van der Waals surface area contributed by atoms with E-state index in [0.29, 0.717) is 0 Å². The van der Waals surface area contributed by atoms with Crippen LogP contribution in [-0.2, 0) is 4.79 Å². The predicted molar refractivity (Wildman–Crippen MR) is 69.4 cm³/mol. The Kier molecular flexibility index (Phi) is 2.82. The van der Waals surface area contributed by atoms with Gasteiger partial charge >= 0.3 is 0 Å². The van der Waals surface area contributed by atoms with Crippen LogP contribution in [0.3, 0.4) is 0 Å². The minimum absolute atomic E-state index is 0.145. The highest BCUT2D eigenvalue weighted by Crippen LogP contribution is 2.51. The molecule has 0 bridgehead atoms. The highest BCUT2D eigenvalue weighted by molar-refractivity contribution is 9.10. The number of amides is 1. The minimum atomic E-state index is 0.145. The van der Waals surface area contributed by atoms with Crippen molar-refractivity contribution in [3.8, 4) is 0 Å². The average Bonchev–Trinajstić information content (AvgIpc) is 2.82. The lowest BCUT2D eigenvalue weighted by molar-refractivity contribution is -0.117. The van der Waals surface area contributed by atoms with Crippen LogP contribution in [0, 0.1) is 18.3 Å². The first-order chi connectivity index (χ1) is 7.40. The van der Waals surface area contributed by atoms with Crippen LogP contribution in [0.25, 0.3) is 0 Å². The van der Waals surface area contributed by atoms with E-state index in [1.165, 1.54) is 0 Å². The Hall–Kier alpha value is -0.830. The van der Waals surface area contributed by atoms with Crippen LogP contribution in [-0.4, -0.2) is 5.91 Å². The molecule has 2 nitrogen and oxygen atoms in total. The summed E-state index contributed by atoms with van der Waals surface area (Å²) in [4.78, 5) is 11.9. The second-order valence-electron chi connectivity index (χ2n) is 5.20. The smallest absolute Gasteiger partial charge is 0.228 e. The number of carbonyl (C=O) groups excluding carboxylic acids is 1. The average molecular weight is 282 g/mol. The summed E-state index contributed by atoms with van der Waals surface area (Å²) < 4.78 is 1.07. The molecule has 0 saturated heterocycles. The standard InChI is InChI=1S/C13H16BrNO/c1-8-6-9(4-5-11(8)14)15-12(16)10-7-13(10,2)3/h4-6,10H,7H2,1-3H3,(H,15,16). The van der Waals surface area contributed by atoms with Gasteiger partial charge in [-0.2, -0.15) is 0 Å². The summed E-state index contributed by atoms with van der Waals surface area (Å²) in [6, 6.07) is 5.87. The van der Waals surface area contributed by atoms with E-state index in [2.05, 4.69) is 35.1 Å². The molecule has 0 aliphatic heterocycles. The molecule has 1 saturated carbocycles. The number of anilines is 1. The molecule has 1 amide bonds. The van der Waals surface area contributed by atoms with E-state index in [1.807, 2.05) is 25.1 Å². The van der Waals surface area contributed by atoms with E-state index in [9.17, 15) is 4.79 Å². The summed E-state index contributed by atoms with van der Waals surface area (Å²) >= 11 is 3.44. The normalized spacial score (nSPS) is 21.6. The fourth-order valence-corrected chi connectivity index (χ4v) is 2.11. The van der Waals surface area contributed by atoms with Crippen LogP contribution >= 0.6 is 15.9 Å². The van der Waals surface area contributed by atoms with Crippen molar-refractivity contribution in [1.82, 2.24) is 0 Å². The molecule has 0 aromatic heterocycles. The number of aryl methyl sites for hydroxylation is 1. The van der Waals surface area contributed by atoms with E-state index in [0.717, 1.165) is 22.1 Å². The van der Waals surface area contributed by atoms with Gasteiger partial charge in [-0.15, -0.1) is 0 Å². The van der Waals surface area contributed by atoms with Gasteiger partial charge in [0.1, 0.15) is 0 Å². The lowest BCUT2D eigenvalue weighted by Gasteiger charge is -2.08. The number of nitrogens with one attached hydrogen (secondary N) is 1. The Morgan fingerprint density at radius 1 is 1.50 bits per heavy atom. The van der Waals surface area contributed by atoms with Crippen molar-refractivity contribution in [2.75, 3.05) is 5.32 Å². The highest BCUT2D eigenvalue weighted by Gasteiger charge is 2.50. The van der Waals surface area contributed by atoms with Gasteiger partial charge < -0.3 is 5.32 Å². The summed E-state index contributed by atoms with van der Waals surface area (Å²) in [6.07, 6.45) is 0.994. The number of halogens is 1. The molecule has 1 aromatic carbocycles. The molecule has 1 aliphatic carbocycles. The zero-order chi connectivity index (χ0) is 11.9. The molecule has 1 N–H and O–H groups in total. The number of carbonyl (C=O) groups is 1. The van der Waals surface area contributed by atoms with Gasteiger partial charge in [-0.1, -0.05) is 29.8 Å². The number of benzene rings is 1.